The predicted molar refractivity (Wildman–Crippen MR) is 71.9 cm³/mol. The number of aromatic amines is 2. The molecule has 0 atom stereocenters. The summed E-state index contributed by atoms with van der Waals surface area (Å²) in [6, 6.07) is 1.78. The molecule has 0 unspecified atom stereocenters. The van der Waals surface area contributed by atoms with Crippen LogP contribution in [0.1, 0.15) is 56.2 Å². The van der Waals surface area contributed by atoms with E-state index in [4.69, 9.17) is 0 Å². The second-order valence-electron chi connectivity index (χ2n) is 5.20. The van der Waals surface area contributed by atoms with Crippen LogP contribution in [0.3, 0.4) is 0 Å². The molecule has 4 heteroatoms. The van der Waals surface area contributed by atoms with Gasteiger partial charge in [-0.05, 0) is 30.7 Å². The fourth-order valence-electron chi connectivity index (χ4n) is 3.14. The molecule has 2 aromatic rings. The van der Waals surface area contributed by atoms with Crippen molar-refractivity contribution in [2.24, 2.45) is 0 Å². The molecular formula is C14H19N3O. The molecule has 2 heterocycles. The minimum Gasteiger partial charge on any atom is -0.305 e. The Hall–Kier alpha value is -1.58. The smallest absolute Gasteiger partial charge is 0.249 e. The summed E-state index contributed by atoms with van der Waals surface area (Å²) in [5, 5.41) is 8.43. The van der Waals surface area contributed by atoms with Gasteiger partial charge in [0.25, 0.3) is 0 Å². The molecule has 96 valence electrons. The van der Waals surface area contributed by atoms with Crippen molar-refractivity contribution < 1.29 is 0 Å². The molecule has 2 N–H and O–H groups in total. The van der Waals surface area contributed by atoms with Crippen molar-refractivity contribution >= 4 is 11.0 Å². The van der Waals surface area contributed by atoms with E-state index in [1.807, 2.05) is 0 Å². The van der Waals surface area contributed by atoms with E-state index in [0.717, 1.165) is 23.1 Å². The van der Waals surface area contributed by atoms with Gasteiger partial charge < -0.3 is 4.98 Å². The van der Waals surface area contributed by atoms with Crippen molar-refractivity contribution in [3.8, 4) is 0 Å². The maximum Gasteiger partial charge on any atom is 0.249 e. The molecule has 0 radical (unpaired) electrons. The monoisotopic (exact) mass is 245 g/mol. The second kappa shape index (κ2) is 4.59. The first kappa shape index (κ1) is 11.5. The number of nitrogens with zero attached hydrogens (tertiary/aromatic N) is 1. The van der Waals surface area contributed by atoms with Crippen LogP contribution in [-0.4, -0.2) is 15.2 Å². The van der Waals surface area contributed by atoms with Crippen LogP contribution in [0.2, 0.25) is 0 Å². The van der Waals surface area contributed by atoms with Crippen LogP contribution in [0, 0.1) is 0 Å². The number of nitrogens with one attached hydrogen (secondary N) is 2. The van der Waals surface area contributed by atoms with Crippen molar-refractivity contribution in [3.05, 3.63) is 27.7 Å². The van der Waals surface area contributed by atoms with Crippen molar-refractivity contribution in [1.82, 2.24) is 15.2 Å². The number of hydrogen-bond donors (Lipinski definition) is 2. The molecule has 2 aromatic heterocycles. The fourth-order valence-corrected chi connectivity index (χ4v) is 3.14. The highest BCUT2D eigenvalue weighted by atomic mass is 16.1. The van der Waals surface area contributed by atoms with E-state index < -0.39 is 0 Å². The third-order valence-electron chi connectivity index (χ3n) is 4.06. The zero-order valence-electron chi connectivity index (χ0n) is 10.8. The Bertz CT molecular complexity index is 605. The van der Waals surface area contributed by atoms with Crippen molar-refractivity contribution in [2.75, 3.05) is 0 Å². The summed E-state index contributed by atoms with van der Waals surface area (Å²) in [5.41, 5.74) is 3.04. The minimum atomic E-state index is -0.0303. The Labute approximate surface area is 106 Å². The van der Waals surface area contributed by atoms with Gasteiger partial charge >= 0.3 is 0 Å². The largest absolute Gasteiger partial charge is 0.305 e. The summed E-state index contributed by atoms with van der Waals surface area (Å²) in [7, 11) is 0. The van der Waals surface area contributed by atoms with Crippen LogP contribution in [0.25, 0.3) is 11.0 Å². The van der Waals surface area contributed by atoms with E-state index >= 15 is 0 Å². The Morgan fingerprint density at radius 2 is 2.11 bits per heavy atom. The van der Waals surface area contributed by atoms with Crippen molar-refractivity contribution in [1.29, 1.82) is 0 Å². The Morgan fingerprint density at radius 3 is 2.83 bits per heavy atom. The molecule has 3 rings (SSSR count). The molecule has 1 fully saturated rings. The van der Waals surface area contributed by atoms with Crippen LogP contribution < -0.4 is 5.56 Å². The lowest BCUT2D eigenvalue weighted by Gasteiger charge is -2.22. The molecule has 0 spiro atoms. The maximum atomic E-state index is 11.7. The number of hydrogen-bond acceptors (Lipinski definition) is 2. The first-order chi connectivity index (χ1) is 8.79. The van der Waals surface area contributed by atoms with Gasteiger partial charge in [0.1, 0.15) is 0 Å². The van der Waals surface area contributed by atoms with E-state index in [9.17, 15) is 4.79 Å². The van der Waals surface area contributed by atoms with E-state index in [-0.39, 0.29) is 5.56 Å². The third-order valence-corrected chi connectivity index (χ3v) is 4.06. The highest BCUT2D eigenvalue weighted by Gasteiger charge is 2.21. The number of aromatic nitrogens is 3. The molecule has 4 nitrogen and oxygen atoms in total. The van der Waals surface area contributed by atoms with Gasteiger partial charge in [0.2, 0.25) is 5.56 Å². The normalized spacial score (nSPS) is 17.4. The number of aryl methyl sites for hydroxylation is 1. The average Bonchev–Trinajstić information content (AvgIpc) is 2.81. The van der Waals surface area contributed by atoms with Crippen LogP contribution in [-0.2, 0) is 6.42 Å². The first-order valence-corrected chi connectivity index (χ1v) is 6.89. The number of H-pyrrole nitrogens is 2. The van der Waals surface area contributed by atoms with Gasteiger partial charge in [-0.2, -0.15) is 5.10 Å². The van der Waals surface area contributed by atoms with E-state index in [1.165, 1.54) is 37.7 Å². The molecule has 1 saturated carbocycles. The number of fused-ring (bicyclic) bond motifs is 1. The molecule has 0 amide bonds. The molecular weight excluding hydrogens is 226 g/mol. The van der Waals surface area contributed by atoms with Gasteiger partial charge in [-0.25, -0.2) is 0 Å². The Morgan fingerprint density at radius 1 is 1.33 bits per heavy atom. The summed E-state index contributed by atoms with van der Waals surface area (Å²) in [6.07, 6.45) is 7.20. The molecule has 0 saturated heterocycles. The summed E-state index contributed by atoms with van der Waals surface area (Å²) < 4.78 is 0. The molecule has 0 aliphatic heterocycles. The van der Waals surface area contributed by atoms with Crippen LogP contribution in [0.4, 0.5) is 0 Å². The molecule has 18 heavy (non-hydrogen) atoms. The number of pyridine rings is 1. The molecule has 1 aliphatic carbocycles. The third kappa shape index (κ3) is 1.85. The minimum absolute atomic E-state index is 0.0303. The first-order valence-electron chi connectivity index (χ1n) is 6.89. The summed E-state index contributed by atoms with van der Waals surface area (Å²) in [6.45, 7) is 2.11. The van der Waals surface area contributed by atoms with Crippen molar-refractivity contribution in [2.45, 2.75) is 51.4 Å². The van der Waals surface area contributed by atoms with Gasteiger partial charge in [-0.1, -0.05) is 26.2 Å². The summed E-state index contributed by atoms with van der Waals surface area (Å²) >= 11 is 0. The van der Waals surface area contributed by atoms with Crippen LogP contribution >= 0.6 is 0 Å². The summed E-state index contributed by atoms with van der Waals surface area (Å²) in [4.78, 5) is 14.6. The predicted octanol–water partition coefficient (Wildman–Crippen LogP) is 2.86. The van der Waals surface area contributed by atoms with Gasteiger partial charge in [0.05, 0.1) is 0 Å². The van der Waals surface area contributed by atoms with Crippen molar-refractivity contribution in [3.63, 3.8) is 0 Å². The van der Waals surface area contributed by atoms with Gasteiger partial charge in [0, 0.05) is 17.1 Å². The zero-order chi connectivity index (χ0) is 12.5. The van der Waals surface area contributed by atoms with Crippen LogP contribution in [0.15, 0.2) is 10.9 Å². The quantitative estimate of drug-likeness (QED) is 0.854. The topological polar surface area (TPSA) is 61.5 Å². The fraction of sp³-hybridized carbons (Fsp3) is 0.571. The highest BCUT2D eigenvalue weighted by Crippen LogP contribution is 2.35. The zero-order valence-corrected chi connectivity index (χ0v) is 10.8. The highest BCUT2D eigenvalue weighted by molar-refractivity contribution is 5.82. The van der Waals surface area contributed by atoms with Gasteiger partial charge in [0.15, 0.2) is 5.65 Å². The Kier molecular flexibility index (Phi) is 2.94. The lowest BCUT2D eigenvalue weighted by molar-refractivity contribution is 0.445. The lowest BCUT2D eigenvalue weighted by atomic mass is 9.83. The maximum absolute atomic E-state index is 11.7. The average molecular weight is 245 g/mol. The second-order valence-corrected chi connectivity index (χ2v) is 5.20. The van der Waals surface area contributed by atoms with E-state index in [2.05, 4.69) is 22.1 Å². The van der Waals surface area contributed by atoms with E-state index in [0.29, 0.717) is 5.92 Å². The standard InChI is InChI=1S/C14H19N3O/c1-2-11-13-10(9-6-4-3-5-7-9)8-12(18)15-14(13)17-16-11/h8-9H,2-7H2,1H3,(H2,15,16,17,18). The Balaban J connectivity index is 2.18. The SMILES string of the molecule is CCc1[nH]nc2[nH]c(=O)cc(C3CCCCC3)c12. The summed E-state index contributed by atoms with van der Waals surface area (Å²) in [5.74, 6) is 0.534. The number of rotatable bonds is 2. The van der Waals surface area contributed by atoms with Gasteiger partial charge in [-0.15, -0.1) is 0 Å². The van der Waals surface area contributed by atoms with E-state index in [1.54, 1.807) is 6.07 Å². The molecule has 0 bridgehead atoms. The molecule has 0 aromatic carbocycles. The molecule has 1 aliphatic rings. The van der Waals surface area contributed by atoms with Crippen LogP contribution in [0.5, 0.6) is 0 Å². The van der Waals surface area contributed by atoms with Gasteiger partial charge in [-0.3, -0.25) is 9.89 Å². The lowest BCUT2D eigenvalue weighted by Crippen LogP contribution is -2.12.